The van der Waals surface area contributed by atoms with Crippen LogP contribution in [0.4, 0.5) is 0 Å². The van der Waals surface area contributed by atoms with Crippen LogP contribution in [0.5, 0.6) is 0 Å². The van der Waals surface area contributed by atoms with E-state index >= 15 is 0 Å². The number of rotatable bonds is 0. The van der Waals surface area contributed by atoms with Crippen LogP contribution in [0.2, 0.25) is 0 Å². The van der Waals surface area contributed by atoms with Gasteiger partial charge in [0.15, 0.2) is 0 Å². The molecule has 1 heterocycles. The molecule has 1 fully saturated rings. The molecule has 1 aliphatic rings. The highest BCUT2D eigenvalue weighted by molar-refractivity contribution is 5.95. The van der Waals surface area contributed by atoms with E-state index in [0.29, 0.717) is 26.2 Å². The summed E-state index contributed by atoms with van der Waals surface area (Å²) in [6.45, 7) is 2.10. The monoisotopic (exact) mass is 190 g/mol. The van der Waals surface area contributed by atoms with E-state index in [4.69, 9.17) is 21.3 Å². The first-order valence-electron chi connectivity index (χ1n) is 4.16. The molecule has 0 saturated carbocycles. The van der Waals surface area contributed by atoms with E-state index in [1.54, 1.807) is 21.9 Å². The smallest absolute Gasteiger partial charge is 0.201 e. The van der Waals surface area contributed by atoms with Gasteiger partial charge >= 0.3 is 0 Å². The maximum absolute atomic E-state index is 8.48. The van der Waals surface area contributed by atoms with E-state index in [1.165, 1.54) is 0 Å². The first kappa shape index (κ1) is 10.0. The van der Waals surface area contributed by atoms with Gasteiger partial charge in [-0.05, 0) is 0 Å². The third-order valence-corrected chi connectivity index (χ3v) is 2.12. The van der Waals surface area contributed by atoms with Crippen LogP contribution < -0.4 is 0 Å². The summed E-state index contributed by atoms with van der Waals surface area (Å²) in [5.41, 5.74) is 0. The number of piperazine rings is 1. The van der Waals surface area contributed by atoms with E-state index in [-0.39, 0.29) is 11.7 Å². The van der Waals surface area contributed by atoms with E-state index in [1.807, 2.05) is 0 Å². The predicted molar refractivity (Wildman–Crippen MR) is 49.8 cm³/mol. The fourth-order valence-corrected chi connectivity index (χ4v) is 1.30. The van der Waals surface area contributed by atoms with Crippen LogP contribution in [-0.4, -0.2) is 47.7 Å². The van der Waals surface area contributed by atoms with Gasteiger partial charge in [-0.3, -0.25) is 10.8 Å². The lowest BCUT2D eigenvalue weighted by atomic mass is 10.3. The van der Waals surface area contributed by atoms with Gasteiger partial charge in [0.1, 0.15) is 12.1 Å². The minimum Gasteiger partial charge on any atom is -0.345 e. The van der Waals surface area contributed by atoms with Gasteiger partial charge in [-0.15, -0.1) is 0 Å². The number of nitrogens with one attached hydrogen (secondary N) is 2. The number of nitrogens with zero attached hydrogens (tertiary/aromatic N) is 4. The topological polar surface area (TPSA) is 102 Å². The van der Waals surface area contributed by atoms with Gasteiger partial charge in [0.05, 0.1) is 0 Å². The van der Waals surface area contributed by atoms with Gasteiger partial charge in [0.2, 0.25) is 11.7 Å². The van der Waals surface area contributed by atoms with Crippen LogP contribution in [0.3, 0.4) is 0 Å². The largest absolute Gasteiger partial charge is 0.345 e. The summed E-state index contributed by atoms with van der Waals surface area (Å²) in [6.07, 6.45) is 0. The molecule has 6 heteroatoms. The Balaban J connectivity index is 2.48. The van der Waals surface area contributed by atoms with Crippen molar-refractivity contribution in [2.24, 2.45) is 0 Å². The van der Waals surface area contributed by atoms with Crippen LogP contribution in [0.25, 0.3) is 0 Å². The van der Waals surface area contributed by atoms with Crippen molar-refractivity contribution in [3.05, 3.63) is 0 Å². The molecule has 0 radical (unpaired) electrons. The summed E-state index contributed by atoms with van der Waals surface area (Å²) in [5.74, 6) is -0.0960. The Morgan fingerprint density at radius 2 is 1.14 bits per heavy atom. The average Bonchev–Trinajstić information content (AvgIpc) is 2.27. The van der Waals surface area contributed by atoms with Crippen LogP contribution in [0.1, 0.15) is 0 Å². The number of hydrogen-bond donors (Lipinski definition) is 2. The number of hydrogen-bond acceptors (Lipinski definition) is 4. The van der Waals surface area contributed by atoms with Gasteiger partial charge in [-0.25, -0.2) is 0 Å². The van der Waals surface area contributed by atoms with Crippen molar-refractivity contribution in [2.75, 3.05) is 26.2 Å². The molecule has 0 aromatic carbocycles. The summed E-state index contributed by atoms with van der Waals surface area (Å²) in [6, 6.07) is 3.53. The molecule has 0 aromatic rings. The van der Waals surface area contributed by atoms with E-state index < -0.39 is 0 Å². The zero-order valence-corrected chi connectivity index (χ0v) is 7.62. The summed E-state index contributed by atoms with van der Waals surface area (Å²) in [4.78, 5) is 3.28. The zero-order valence-electron chi connectivity index (χ0n) is 7.62. The lowest BCUT2D eigenvalue weighted by Gasteiger charge is -2.34. The molecule has 0 aromatic heterocycles. The standard InChI is InChI=1S/C8H10N6/c9-5-7(11)13-1-2-14(4-3-13)8(12)6-10/h11-12H,1-4H2. The van der Waals surface area contributed by atoms with Crippen LogP contribution in [0.15, 0.2) is 0 Å². The molecule has 0 bridgehead atoms. The second-order valence-corrected chi connectivity index (χ2v) is 2.89. The maximum Gasteiger partial charge on any atom is 0.201 e. The second kappa shape index (κ2) is 4.24. The maximum atomic E-state index is 8.48. The molecule has 6 nitrogen and oxygen atoms in total. The Morgan fingerprint density at radius 1 is 0.857 bits per heavy atom. The Labute approximate surface area is 82.0 Å². The number of amidine groups is 2. The molecular formula is C8H10N6. The minimum absolute atomic E-state index is 0.0480. The van der Waals surface area contributed by atoms with Gasteiger partial charge in [-0.1, -0.05) is 0 Å². The third-order valence-electron chi connectivity index (χ3n) is 2.12. The minimum atomic E-state index is -0.0480. The quantitative estimate of drug-likeness (QED) is 0.401. The molecule has 1 rings (SSSR count). The van der Waals surface area contributed by atoms with Crippen LogP contribution >= 0.6 is 0 Å². The van der Waals surface area contributed by atoms with Crippen molar-refractivity contribution < 1.29 is 0 Å². The fraction of sp³-hybridized carbons (Fsp3) is 0.500. The van der Waals surface area contributed by atoms with E-state index in [2.05, 4.69) is 0 Å². The molecule has 72 valence electrons. The molecule has 14 heavy (non-hydrogen) atoms. The molecule has 1 saturated heterocycles. The van der Waals surface area contributed by atoms with Crippen molar-refractivity contribution >= 4 is 11.7 Å². The second-order valence-electron chi connectivity index (χ2n) is 2.89. The summed E-state index contributed by atoms with van der Waals surface area (Å²) in [7, 11) is 0. The zero-order chi connectivity index (χ0) is 10.6. The van der Waals surface area contributed by atoms with Crippen molar-refractivity contribution in [2.45, 2.75) is 0 Å². The van der Waals surface area contributed by atoms with Crippen molar-refractivity contribution in [3.8, 4) is 12.1 Å². The Morgan fingerprint density at radius 3 is 1.36 bits per heavy atom. The SMILES string of the molecule is N#CC(=N)N1CCN(C(=N)C#N)CC1. The lowest BCUT2D eigenvalue weighted by Crippen LogP contribution is -2.49. The van der Waals surface area contributed by atoms with E-state index in [0.717, 1.165) is 0 Å². The van der Waals surface area contributed by atoms with Gasteiger partial charge in [0.25, 0.3) is 0 Å². The van der Waals surface area contributed by atoms with Crippen LogP contribution in [-0.2, 0) is 0 Å². The van der Waals surface area contributed by atoms with E-state index in [9.17, 15) is 0 Å². The molecule has 0 atom stereocenters. The molecule has 0 aliphatic carbocycles. The molecule has 1 aliphatic heterocycles. The fourth-order valence-electron chi connectivity index (χ4n) is 1.30. The van der Waals surface area contributed by atoms with Crippen molar-refractivity contribution in [1.29, 1.82) is 21.3 Å². The molecule has 0 spiro atoms. The van der Waals surface area contributed by atoms with Gasteiger partial charge < -0.3 is 9.80 Å². The first-order chi connectivity index (χ1) is 6.69. The average molecular weight is 190 g/mol. The van der Waals surface area contributed by atoms with Gasteiger partial charge in [-0.2, -0.15) is 10.5 Å². The Kier molecular flexibility index (Phi) is 3.03. The highest BCUT2D eigenvalue weighted by Gasteiger charge is 2.20. The summed E-state index contributed by atoms with van der Waals surface area (Å²) >= 11 is 0. The summed E-state index contributed by atoms with van der Waals surface area (Å²) in [5, 5.41) is 31.5. The Hall–Kier alpha value is -2.08. The van der Waals surface area contributed by atoms with Crippen molar-refractivity contribution in [3.63, 3.8) is 0 Å². The molecule has 0 unspecified atom stereocenters. The highest BCUT2D eigenvalue weighted by atomic mass is 15.3. The normalized spacial score (nSPS) is 15.6. The lowest BCUT2D eigenvalue weighted by molar-refractivity contribution is 0.259. The molecular weight excluding hydrogens is 180 g/mol. The summed E-state index contributed by atoms with van der Waals surface area (Å²) < 4.78 is 0. The third kappa shape index (κ3) is 1.99. The Bertz CT molecular complexity index is 291. The molecule has 2 N–H and O–H groups in total. The predicted octanol–water partition coefficient (Wildman–Crippen LogP) is -0.394. The van der Waals surface area contributed by atoms with Crippen molar-refractivity contribution in [1.82, 2.24) is 9.80 Å². The number of nitriles is 2. The first-order valence-corrected chi connectivity index (χ1v) is 4.16. The van der Waals surface area contributed by atoms with Gasteiger partial charge in [0, 0.05) is 26.2 Å². The van der Waals surface area contributed by atoms with Crippen LogP contribution in [0, 0.1) is 33.5 Å². The molecule has 0 amide bonds. The highest BCUT2D eigenvalue weighted by Crippen LogP contribution is 2.02.